The molecule has 2 N–H and O–H groups in total. The number of amides is 1. The highest BCUT2D eigenvalue weighted by Crippen LogP contribution is 2.36. The van der Waals surface area contributed by atoms with E-state index in [1.807, 2.05) is 11.4 Å². The molecule has 3 nitrogen and oxygen atoms in total. The van der Waals surface area contributed by atoms with Crippen LogP contribution in [0.4, 0.5) is 0 Å². The number of aryl methyl sites for hydroxylation is 1. The van der Waals surface area contributed by atoms with Gasteiger partial charge >= 0.3 is 0 Å². The minimum atomic E-state index is -0.487. The zero-order chi connectivity index (χ0) is 13.4. The van der Waals surface area contributed by atoms with Crippen LogP contribution in [0.15, 0.2) is 17.5 Å². The predicted molar refractivity (Wildman–Crippen MR) is 77.2 cm³/mol. The van der Waals surface area contributed by atoms with Gasteiger partial charge in [-0.2, -0.15) is 0 Å². The van der Waals surface area contributed by atoms with Gasteiger partial charge in [-0.1, -0.05) is 6.07 Å². The number of hydrogen-bond donors (Lipinski definition) is 1. The Kier molecular flexibility index (Phi) is 3.24. The van der Waals surface area contributed by atoms with Crippen LogP contribution in [-0.4, -0.2) is 11.7 Å². The Labute approximate surface area is 119 Å². The largest absolute Gasteiger partial charge is 0.365 e. The Morgan fingerprint density at radius 1 is 1.21 bits per heavy atom. The van der Waals surface area contributed by atoms with E-state index in [2.05, 4.69) is 0 Å². The summed E-state index contributed by atoms with van der Waals surface area (Å²) in [7, 11) is 0. The lowest BCUT2D eigenvalue weighted by Crippen LogP contribution is -2.15. The SMILES string of the molecule is NC(=O)c1sc2c(c1C(=O)c1cccs1)CCCC2. The molecule has 0 bridgehead atoms. The standard InChI is InChI=1S/C14H13NO2S2/c15-14(17)13-11(12(16)10-6-3-7-18-10)8-4-1-2-5-9(8)19-13/h3,6-7H,1-2,4-5H2,(H2,15,17). The van der Waals surface area contributed by atoms with Crippen LogP contribution in [0.5, 0.6) is 0 Å². The molecule has 98 valence electrons. The van der Waals surface area contributed by atoms with Crippen LogP contribution in [0.1, 0.15) is 48.2 Å². The third-order valence-electron chi connectivity index (χ3n) is 3.37. The van der Waals surface area contributed by atoms with Gasteiger partial charge < -0.3 is 5.73 Å². The normalized spacial score (nSPS) is 14.1. The fraction of sp³-hybridized carbons (Fsp3) is 0.286. The van der Waals surface area contributed by atoms with Crippen molar-refractivity contribution >= 4 is 34.4 Å². The number of thiophene rings is 2. The molecular weight excluding hydrogens is 278 g/mol. The lowest BCUT2D eigenvalue weighted by molar-refractivity contribution is 0.0985. The third-order valence-corrected chi connectivity index (χ3v) is 5.54. The Morgan fingerprint density at radius 2 is 2.00 bits per heavy atom. The molecule has 0 spiro atoms. The van der Waals surface area contributed by atoms with Crippen molar-refractivity contribution in [3.05, 3.63) is 43.3 Å². The molecule has 3 rings (SSSR count). The van der Waals surface area contributed by atoms with Crippen molar-refractivity contribution in [3.63, 3.8) is 0 Å². The first kappa shape index (κ1) is 12.6. The van der Waals surface area contributed by atoms with Gasteiger partial charge in [0.25, 0.3) is 5.91 Å². The van der Waals surface area contributed by atoms with E-state index < -0.39 is 5.91 Å². The topological polar surface area (TPSA) is 60.2 Å². The molecule has 19 heavy (non-hydrogen) atoms. The monoisotopic (exact) mass is 291 g/mol. The summed E-state index contributed by atoms with van der Waals surface area (Å²) < 4.78 is 0. The zero-order valence-electron chi connectivity index (χ0n) is 10.3. The summed E-state index contributed by atoms with van der Waals surface area (Å²) in [6, 6.07) is 3.64. The van der Waals surface area contributed by atoms with Crippen LogP contribution >= 0.6 is 22.7 Å². The van der Waals surface area contributed by atoms with E-state index in [0.717, 1.165) is 31.2 Å². The first-order valence-electron chi connectivity index (χ1n) is 6.21. The van der Waals surface area contributed by atoms with Crippen LogP contribution in [0, 0.1) is 0 Å². The Hall–Kier alpha value is -1.46. The number of hydrogen-bond acceptors (Lipinski definition) is 4. The summed E-state index contributed by atoms with van der Waals surface area (Å²) in [6.07, 6.45) is 4.04. The van der Waals surface area contributed by atoms with E-state index in [-0.39, 0.29) is 5.78 Å². The molecule has 0 saturated heterocycles. The number of ketones is 1. The van der Waals surface area contributed by atoms with Gasteiger partial charge in [-0.15, -0.1) is 22.7 Å². The quantitative estimate of drug-likeness (QED) is 0.884. The van der Waals surface area contributed by atoms with E-state index in [4.69, 9.17) is 5.73 Å². The van der Waals surface area contributed by atoms with Crippen LogP contribution in [0.25, 0.3) is 0 Å². The first-order chi connectivity index (χ1) is 9.18. The Morgan fingerprint density at radius 3 is 2.68 bits per heavy atom. The number of carbonyl (C=O) groups excluding carboxylic acids is 2. The highest BCUT2D eigenvalue weighted by atomic mass is 32.1. The van der Waals surface area contributed by atoms with Gasteiger partial charge in [-0.25, -0.2) is 0 Å². The lowest BCUT2D eigenvalue weighted by Gasteiger charge is -2.11. The van der Waals surface area contributed by atoms with Crippen molar-refractivity contribution in [1.82, 2.24) is 0 Å². The highest BCUT2D eigenvalue weighted by molar-refractivity contribution is 7.15. The third kappa shape index (κ3) is 2.13. The van der Waals surface area contributed by atoms with Crippen molar-refractivity contribution in [2.75, 3.05) is 0 Å². The predicted octanol–water partition coefficient (Wildman–Crippen LogP) is 3.02. The molecule has 0 saturated carbocycles. The van der Waals surface area contributed by atoms with E-state index in [1.165, 1.54) is 27.6 Å². The minimum absolute atomic E-state index is 0.0526. The zero-order valence-corrected chi connectivity index (χ0v) is 11.9. The number of rotatable bonds is 3. The van der Waals surface area contributed by atoms with E-state index in [9.17, 15) is 9.59 Å². The van der Waals surface area contributed by atoms with Crippen LogP contribution in [-0.2, 0) is 12.8 Å². The van der Waals surface area contributed by atoms with Gasteiger partial charge in [0.05, 0.1) is 10.4 Å². The van der Waals surface area contributed by atoms with Gasteiger partial charge in [-0.3, -0.25) is 9.59 Å². The molecule has 0 aromatic carbocycles. The second-order valence-electron chi connectivity index (χ2n) is 4.59. The summed E-state index contributed by atoms with van der Waals surface area (Å²) in [5.74, 6) is -0.539. The maximum absolute atomic E-state index is 12.6. The summed E-state index contributed by atoms with van der Waals surface area (Å²) in [6.45, 7) is 0. The number of carbonyl (C=O) groups is 2. The summed E-state index contributed by atoms with van der Waals surface area (Å²) >= 11 is 2.81. The van der Waals surface area contributed by atoms with Crippen LogP contribution < -0.4 is 5.73 Å². The van der Waals surface area contributed by atoms with Crippen LogP contribution in [0.3, 0.4) is 0 Å². The molecule has 0 atom stereocenters. The Balaban J connectivity index is 2.15. The average Bonchev–Trinajstić information content (AvgIpc) is 3.05. The van der Waals surface area contributed by atoms with Gasteiger partial charge in [0.15, 0.2) is 0 Å². The molecule has 0 aliphatic heterocycles. The molecule has 1 aliphatic rings. The number of primary amides is 1. The van der Waals surface area contributed by atoms with E-state index >= 15 is 0 Å². The van der Waals surface area contributed by atoms with Gasteiger partial charge in [-0.05, 0) is 42.7 Å². The number of fused-ring (bicyclic) bond motifs is 1. The second-order valence-corrected chi connectivity index (χ2v) is 6.64. The molecule has 1 amide bonds. The smallest absolute Gasteiger partial charge is 0.259 e. The van der Waals surface area contributed by atoms with E-state index in [0.29, 0.717) is 15.3 Å². The fourth-order valence-corrected chi connectivity index (χ4v) is 4.42. The molecule has 0 unspecified atom stereocenters. The molecule has 0 radical (unpaired) electrons. The maximum atomic E-state index is 12.6. The molecule has 2 aromatic rings. The van der Waals surface area contributed by atoms with Gasteiger partial charge in [0.2, 0.25) is 5.78 Å². The maximum Gasteiger partial charge on any atom is 0.259 e. The van der Waals surface area contributed by atoms with Gasteiger partial charge in [0.1, 0.15) is 4.88 Å². The second kappa shape index (κ2) is 4.90. The highest BCUT2D eigenvalue weighted by Gasteiger charge is 2.28. The lowest BCUT2D eigenvalue weighted by atomic mass is 9.92. The van der Waals surface area contributed by atoms with Crippen LogP contribution in [0.2, 0.25) is 0 Å². The summed E-state index contributed by atoms with van der Waals surface area (Å²) in [5, 5.41) is 1.87. The van der Waals surface area contributed by atoms with Crippen molar-refractivity contribution in [1.29, 1.82) is 0 Å². The van der Waals surface area contributed by atoms with Crippen molar-refractivity contribution in [2.24, 2.45) is 5.73 Å². The van der Waals surface area contributed by atoms with Crippen molar-refractivity contribution < 1.29 is 9.59 Å². The molecular formula is C14H13NO2S2. The molecule has 1 aliphatic carbocycles. The molecule has 2 aromatic heterocycles. The Bertz CT molecular complexity index is 641. The number of nitrogens with two attached hydrogens (primary N) is 1. The van der Waals surface area contributed by atoms with Crippen molar-refractivity contribution in [3.8, 4) is 0 Å². The van der Waals surface area contributed by atoms with Gasteiger partial charge in [0, 0.05) is 4.88 Å². The van der Waals surface area contributed by atoms with Crippen molar-refractivity contribution in [2.45, 2.75) is 25.7 Å². The summed E-state index contributed by atoms with van der Waals surface area (Å²) in [5.41, 5.74) is 7.06. The average molecular weight is 291 g/mol. The molecule has 5 heteroatoms. The first-order valence-corrected chi connectivity index (χ1v) is 7.90. The molecule has 2 heterocycles. The summed E-state index contributed by atoms with van der Waals surface area (Å²) in [4.78, 5) is 26.4. The minimum Gasteiger partial charge on any atom is -0.365 e. The fourth-order valence-electron chi connectivity index (χ4n) is 2.51. The molecule has 0 fully saturated rings. The van der Waals surface area contributed by atoms with E-state index in [1.54, 1.807) is 6.07 Å².